The summed E-state index contributed by atoms with van der Waals surface area (Å²) in [4.78, 5) is 12.2. The fraction of sp³-hybridized carbons (Fsp3) is 0.421. The average Bonchev–Trinajstić information content (AvgIpc) is 2.87. The summed E-state index contributed by atoms with van der Waals surface area (Å²) in [7, 11) is 1.61. The Kier molecular flexibility index (Phi) is 6.04. The molecular weight excluding hydrogens is 306 g/mol. The number of furan rings is 1. The van der Waals surface area contributed by atoms with E-state index in [1.807, 2.05) is 39.8 Å². The van der Waals surface area contributed by atoms with Gasteiger partial charge in [0.25, 0.3) is 0 Å². The van der Waals surface area contributed by atoms with Gasteiger partial charge in [-0.2, -0.15) is 0 Å². The zero-order valence-electron chi connectivity index (χ0n) is 14.9. The van der Waals surface area contributed by atoms with Gasteiger partial charge < -0.3 is 19.2 Å². The fourth-order valence-electron chi connectivity index (χ4n) is 2.62. The smallest absolute Gasteiger partial charge is 0.244 e. The van der Waals surface area contributed by atoms with Crippen molar-refractivity contribution in [1.82, 2.24) is 5.32 Å². The molecule has 1 N–H and O–H groups in total. The number of hydrogen-bond acceptors (Lipinski definition) is 4. The van der Waals surface area contributed by atoms with Crippen LogP contribution in [0.5, 0.6) is 5.75 Å². The van der Waals surface area contributed by atoms with Crippen LogP contribution in [0.15, 0.2) is 28.9 Å². The number of carbonyl (C=O) groups is 1. The molecule has 0 spiro atoms. The summed E-state index contributed by atoms with van der Waals surface area (Å²) in [6.07, 6.45) is 3.31. The Labute approximate surface area is 142 Å². The minimum absolute atomic E-state index is 0.0449. The van der Waals surface area contributed by atoms with Crippen molar-refractivity contribution in [3.8, 4) is 5.75 Å². The van der Waals surface area contributed by atoms with Crippen molar-refractivity contribution in [2.24, 2.45) is 0 Å². The molecule has 1 aromatic carbocycles. The quantitative estimate of drug-likeness (QED) is 0.786. The Bertz CT molecular complexity index is 745. The Balaban J connectivity index is 2.34. The summed E-state index contributed by atoms with van der Waals surface area (Å²) >= 11 is 0. The van der Waals surface area contributed by atoms with Gasteiger partial charge in [-0.15, -0.1) is 0 Å². The van der Waals surface area contributed by atoms with E-state index in [4.69, 9.17) is 13.9 Å². The lowest BCUT2D eigenvalue weighted by molar-refractivity contribution is -0.117. The standard InChI is InChI=1S/C19H25NO4/c1-6-23-17-9-18-16(13(3)10-24-18)8-15(17)12(2)7-19(21)20-14(4)11-22-5/h7-10,14H,6,11H2,1-5H3,(H,20,21)/b12-7+. The van der Waals surface area contributed by atoms with Gasteiger partial charge in [-0.1, -0.05) is 0 Å². The van der Waals surface area contributed by atoms with E-state index in [-0.39, 0.29) is 11.9 Å². The van der Waals surface area contributed by atoms with E-state index in [0.717, 1.165) is 27.7 Å². The van der Waals surface area contributed by atoms with Gasteiger partial charge in [0.05, 0.1) is 19.5 Å². The largest absolute Gasteiger partial charge is 0.493 e. The summed E-state index contributed by atoms with van der Waals surface area (Å²) in [6, 6.07) is 3.84. The van der Waals surface area contributed by atoms with Crippen LogP contribution in [0, 0.1) is 6.92 Å². The molecule has 0 radical (unpaired) electrons. The lowest BCUT2D eigenvalue weighted by Crippen LogP contribution is -2.34. The molecule has 1 amide bonds. The molecule has 5 nitrogen and oxygen atoms in total. The molecule has 1 aromatic heterocycles. The Morgan fingerprint density at radius 1 is 1.42 bits per heavy atom. The maximum atomic E-state index is 12.2. The van der Waals surface area contributed by atoms with Crippen LogP contribution in [0.2, 0.25) is 0 Å². The molecule has 1 atom stereocenters. The predicted octanol–water partition coefficient (Wildman–Crippen LogP) is 3.69. The molecule has 0 aliphatic carbocycles. The molecule has 0 aliphatic heterocycles. The van der Waals surface area contributed by atoms with Crippen molar-refractivity contribution in [2.75, 3.05) is 20.3 Å². The highest BCUT2D eigenvalue weighted by Gasteiger charge is 2.13. The van der Waals surface area contributed by atoms with Gasteiger partial charge in [-0.05, 0) is 44.9 Å². The number of benzene rings is 1. The van der Waals surface area contributed by atoms with Gasteiger partial charge in [-0.25, -0.2) is 0 Å². The molecule has 0 saturated heterocycles. The van der Waals surface area contributed by atoms with Crippen LogP contribution in [-0.4, -0.2) is 32.3 Å². The van der Waals surface area contributed by atoms with E-state index >= 15 is 0 Å². The average molecular weight is 331 g/mol. The van der Waals surface area contributed by atoms with Gasteiger partial charge >= 0.3 is 0 Å². The molecule has 24 heavy (non-hydrogen) atoms. The van der Waals surface area contributed by atoms with Crippen LogP contribution in [-0.2, 0) is 9.53 Å². The Morgan fingerprint density at radius 3 is 2.83 bits per heavy atom. The van der Waals surface area contributed by atoms with Crippen LogP contribution >= 0.6 is 0 Å². The van der Waals surface area contributed by atoms with Gasteiger partial charge in [0, 0.05) is 36.2 Å². The Hall–Kier alpha value is -2.27. The van der Waals surface area contributed by atoms with Crippen LogP contribution in [0.4, 0.5) is 0 Å². The fourth-order valence-corrected chi connectivity index (χ4v) is 2.62. The second-order valence-electron chi connectivity index (χ2n) is 5.89. The van der Waals surface area contributed by atoms with Crippen LogP contribution in [0.25, 0.3) is 16.5 Å². The second kappa shape index (κ2) is 8.02. The monoisotopic (exact) mass is 331 g/mol. The number of rotatable bonds is 7. The van der Waals surface area contributed by atoms with Crippen molar-refractivity contribution in [3.05, 3.63) is 35.6 Å². The van der Waals surface area contributed by atoms with Crippen LogP contribution < -0.4 is 10.1 Å². The minimum atomic E-state index is -0.150. The molecule has 0 aliphatic rings. The zero-order chi connectivity index (χ0) is 17.7. The molecule has 1 heterocycles. The molecule has 130 valence electrons. The van der Waals surface area contributed by atoms with Gasteiger partial charge in [0.1, 0.15) is 11.3 Å². The van der Waals surface area contributed by atoms with E-state index < -0.39 is 0 Å². The molecule has 0 fully saturated rings. The Morgan fingerprint density at radius 2 is 2.17 bits per heavy atom. The van der Waals surface area contributed by atoms with Crippen molar-refractivity contribution >= 4 is 22.4 Å². The minimum Gasteiger partial charge on any atom is -0.493 e. The van der Waals surface area contributed by atoms with Crippen LogP contribution in [0.3, 0.4) is 0 Å². The molecular formula is C19H25NO4. The third-order valence-corrected chi connectivity index (χ3v) is 3.75. The van der Waals surface area contributed by atoms with E-state index in [0.29, 0.717) is 19.0 Å². The van der Waals surface area contributed by atoms with E-state index in [9.17, 15) is 4.79 Å². The maximum absolute atomic E-state index is 12.2. The van der Waals surface area contributed by atoms with Crippen molar-refractivity contribution in [2.45, 2.75) is 33.7 Å². The normalized spacial score (nSPS) is 13.1. The number of aryl methyl sites for hydroxylation is 1. The van der Waals surface area contributed by atoms with Crippen molar-refractivity contribution < 1.29 is 18.7 Å². The molecule has 0 bridgehead atoms. The number of amides is 1. The predicted molar refractivity (Wildman–Crippen MR) is 95.3 cm³/mol. The second-order valence-corrected chi connectivity index (χ2v) is 5.89. The number of allylic oxidation sites excluding steroid dienone is 1. The summed E-state index contributed by atoms with van der Waals surface area (Å²) in [5, 5.41) is 3.90. The number of carbonyl (C=O) groups excluding carboxylic acids is 1. The summed E-state index contributed by atoms with van der Waals surface area (Å²) in [5.41, 5.74) is 3.57. The first-order chi connectivity index (χ1) is 11.5. The summed E-state index contributed by atoms with van der Waals surface area (Å²) < 4.78 is 16.3. The first kappa shape index (κ1) is 18.1. The SMILES string of the molecule is CCOc1cc2occ(C)c2cc1/C(C)=C/C(=O)NC(C)COC. The first-order valence-corrected chi connectivity index (χ1v) is 8.09. The number of methoxy groups -OCH3 is 1. The van der Waals surface area contributed by atoms with E-state index in [1.165, 1.54) is 0 Å². The number of nitrogens with one attached hydrogen (secondary N) is 1. The summed E-state index contributed by atoms with van der Waals surface area (Å²) in [5.74, 6) is 0.564. The van der Waals surface area contributed by atoms with Crippen LogP contribution in [0.1, 0.15) is 31.9 Å². The highest BCUT2D eigenvalue weighted by Crippen LogP contribution is 2.33. The molecule has 2 rings (SSSR count). The molecule has 0 saturated carbocycles. The zero-order valence-corrected chi connectivity index (χ0v) is 14.9. The van der Waals surface area contributed by atoms with E-state index in [1.54, 1.807) is 19.4 Å². The maximum Gasteiger partial charge on any atom is 0.244 e. The number of ether oxygens (including phenoxy) is 2. The molecule has 5 heteroatoms. The van der Waals surface area contributed by atoms with Gasteiger partial charge in [-0.3, -0.25) is 4.79 Å². The third kappa shape index (κ3) is 4.17. The highest BCUT2D eigenvalue weighted by molar-refractivity contribution is 5.97. The highest BCUT2D eigenvalue weighted by atomic mass is 16.5. The lowest BCUT2D eigenvalue weighted by atomic mass is 10.0. The lowest BCUT2D eigenvalue weighted by Gasteiger charge is -2.13. The van der Waals surface area contributed by atoms with Crippen molar-refractivity contribution in [3.63, 3.8) is 0 Å². The summed E-state index contributed by atoms with van der Waals surface area (Å²) in [6.45, 7) is 8.75. The first-order valence-electron chi connectivity index (χ1n) is 8.09. The number of fused-ring (bicyclic) bond motifs is 1. The third-order valence-electron chi connectivity index (χ3n) is 3.75. The van der Waals surface area contributed by atoms with Gasteiger partial charge in [0.2, 0.25) is 5.91 Å². The molecule has 2 aromatic rings. The van der Waals surface area contributed by atoms with E-state index in [2.05, 4.69) is 5.32 Å². The van der Waals surface area contributed by atoms with Crippen molar-refractivity contribution in [1.29, 1.82) is 0 Å². The topological polar surface area (TPSA) is 60.7 Å². The number of hydrogen-bond donors (Lipinski definition) is 1. The van der Waals surface area contributed by atoms with Gasteiger partial charge in [0.15, 0.2) is 0 Å². The molecule has 1 unspecified atom stereocenters.